The van der Waals surface area contributed by atoms with Gasteiger partial charge in [-0.2, -0.15) is 0 Å². The number of aliphatic hydroxyl groups is 1. The Morgan fingerprint density at radius 1 is 1.29 bits per heavy atom. The van der Waals surface area contributed by atoms with Gasteiger partial charge in [0.2, 0.25) is 0 Å². The van der Waals surface area contributed by atoms with Crippen molar-refractivity contribution >= 4 is 6.09 Å². The molecule has 0 fully saturated rings. The van der Waals surface area contributed by atoms with E-state index in [1.807, 2.05) is 30.3 Å². The molecule has 0 aliphatic carbocycles. The van der Waals surface area contributed by atoms with Crippen LogP contribution in [0.15, 0.2) is 30.3 Å². The van der Waals surface area contributed by atoms with Gasteiger partial charge in [-0.1, -0.05) is 30.3 Å². The lowest BCUT2D eigenvalue weighted by Gasteiger charge is -2.17. The third-order valence-electron chi connectivity index (χ3n) is 1.86. The molecule has 14 heavy (non-hydrogen) atoms. The molecule has 76 valence electrons. The first kappa shape index (κ1) is 10.5. The van der Waals surface area contributed by atoms with E-state index in [1.54, 1.807) is 0 Å². The molecule has 0 spiro atoms. The van der Waals surface area contributed by atoms with Gasteiger partial charge in [0, 0.05) is 13.1 Å². The predicted octanol–water partition coefficient (Wildman–Crippen LogP) is 1.16. The van der Waals surface area contributed by atoms with Crippen molar-refractivity contribution < 1.29 is 15.0 Å². The van der Waals surface area contributed by atoms with Crippen LogP contribution in [0.5, 0.6) is 0 Å². The summed E-state index contributed by atoms with van der Waals surface area (Å²) < 4.78 is 0. The summed E-state index contributed by atoms with van der Waals surface area (Å²) in [5, 5.41) is 17.4. The maximum Gasteiger partial charge on any atom is 0.407 e. The van der Waals surface area contributed by atoms with E-state index in [-0.39, 0.29) is 13.2 Å². The van der Waals surface area contributed by atoms with Crippen LogP contribution < -0.4 is 0 Å². The second kappa shape index (κ2) is 5.24. The second-order valence-corrected chi connectivity index (χ2v) is 2.91. The molecule has 1 aromatic rings. The molecule has 0 aliphatic rings. The number of aliphatic hydroxyl groups excluding tert-OH is 1. The summed E-state index contributed by atoms with van der Waals surface area (Å²) >= 11 is 0. The van der Waals surface area contributed by atoms with Gasteiger partial charge >= 0.3 is 6.09 Å². The monoisotopic (exact) mass is 195 g/mol. The van der Waals surface area contributed by atoms with E-state index in [4.69, 9.17) is 10.2 Å². The molecule has 0 aliphatic heterocycles. The van der Waals surface area contributed by atoms with Crippen LogP contribution >= 0.6 is 0 Å². The maximum atomic E-state index is 10.7. The lowest BCUT2D eigenvalue weighted by molar-refractivity contribution is 0.129. The normalized spacial score (nSPS) is 9.79. The largest absolute Gasteiger partial charge is 0.465 e. The van der Waals surface area contributed by atoms with Crippen LogP contribution in [-0.4, -0.2) is 34.4 Å². The van der Waals surface area contributed by atoms with Crippen molar-refractivity contribution in [3.05, 3.63) is 35.9 Å². The number of rotatable bonds is 4. The summed E-state index contributed by atoms with van der Waals surface area (Å²) in [5.74, 6) is 0. The van der Waals surface area contributed by atoms with Crippen molar-refractivity contribution in [1.82, 2.24) is 4.90 Å². The standard InChI is InChI=1S/C10H13NO3/c12-7-6-11(10(13)14)8-9-4-2-1-3-5-9/h1-5,12H,6-8H2,(H,13,14). The summed E-state index contributed by atoms with van der Waals surface area (Å²) in [6.07, 6.45) is -1.01. The van der Waals surface area contributed by atoms with Crippen LogP contribution in [0.4, 0.5) is 4.79 Å². The first-order chi connectivity index (χ1) is 6.74. The third kappa shape index (κ3) is 3.06. The fraction of sp³-hybridized carbons (Fsp3) is 0.300. The topological polar surface area (TPSA) is 60.8 Å². The molecule has 0 heterocycles. The minimum absolute atomic E-state index is 0.143. The number of carboxylic acid groups (broad SMARTS) is 1. The first-order valence-corrected chi connectivity index (χ1v) is 4.36. The predicted molar refractivity (Wildman–Crippen MR) is 52.0 cm³/mol. The Morgan fingerprint density at radius 3 is 2.43 bits per heavy atom. The zero-order chi connectivity index (χ0) is 10.4. The lowest BCUT2D eigenvalue weighted by Crippen LogP contribution is -2.31. The maximum absolute atomic E-state index is 10.7. The van der Waals surface area contributed by atoms with E-state index in [0.717, 1.165) is 5.56 Å². The van der Waals surface area contributed by atoms with E-state index in [9.17, 15) is 4.79 Å². The SMILES string of the molecule is O=C(O)N(CCO)Cc1ccccc1. The van der Waals surface area contributed by atoms with Gasteiger partial charge in [-0.05, 0) is 5.56 Å². The molecule has 0 saturated heterocycles. The fourth-order valence-electron chi connectivity index (χ4n) is 1.17. The Morgan fingerprint density at radius 2 is 1.93 bits per heavy atom. The van der Waals surface area contributed by atoms with Crippen LogP contribution in [0.1, 0.15) is 5.56 Å². The zero-order valence-corrected chi connectivity index (χ0v) is 7.76. The van der Waals surface area contributed by atoms with Crippen molar-refractivity contribution in [2.75, 3.05) is 13.2 Å². The van der Waals surface area contributed by atoms with Gasteiger partial charge in [0.25, 0.3) is 0 Å². The minimum Gasteiger partial charge on any atom is -0.465 e. The Bertz CT molecular complexity index is 287. The second-order valence-electron chi connectivity index (χ2n) is 2.91. The summed E-state index contributed by atoms with van der Waals surface area (Å²) in [6, 6.07) is 9.30. The molecule has 0 atom stereocenters. The molecule has 2 N–H and O–H groups in total. The van der Waals surface area contributed by atoms with Gasteiger partial charge in [-0.25, -0.2) is 4.79 Å². The molecular weight excluding hydrogens is 182 g/mol. The molecule has 0 radical (unpaired) electrons. The Hall–Kier alpha value is -1.55. The van der Waals surface area contributed by atoms with E-state index >= 15 is 0 Å². The highest BCUT2D eigenvalue weighted by molar-refractivity contribution is 5.64. The molecule has 0 saturated carbocycles. The Kier molecular flexibility index (Phi) is 3.94. The third-order valence-corrected chi connectivity index (χ3v) is 1.86. The molecule has 4 nitrogen and oxygen atoms in total. The summed E-state index contributed by atoms with van der Waals surface area (Å²) in [4.78, 5) is 11.9. The Labute approximate surface area is 82.4 Å². The molecule has 1 rings (SSSR count). The van der Waals surface area contributed by atoms with Crippen LogP contribution in [-0.2, 0) is 6.54 Å². The van der Waals surface area contributed by atoms with Gasteiger partial charge in [0.1, 0.15) is 0 Å². The molecule has 0 bridgehead atoms. The molecule has 0 aromatic heterocycles. The van der Waals surface area contributed by atoms with Crippen LogP contribution in [0, 0.1) is 0 Å². The van der Waals surface area contributed by atoms with E-state index in [0.29, 0.717) is 6.54 Å². The zero-order valence-electron chi connectivity index (χ0n) is 7.76. The molecule has 1 amide bonds. The van der Waals surface area contributed by atoms with Crippen molar-refractivity contribution in [2.45, 2.75) is 6.54 Å². The van der Waals surface area contributed by atoms with Crippen molar-refractivity contribution in [1.29, 1.82) is 0 Å². The highest BCUT2D eigenvalue weighted by Crippen LogP contribution is 2.03. The van der Waals surface area contributed by atoms with E-state index < -0.39 is 6.09 Å². The highest BCUT2D eigenvalue weighted by Gasteiger charge is 2.10. The summed E-state index contributed by atoms with van der Waals surface area (Å²) in [6.45, 7) is 0.306. The van der Waals surface area contributed by atoms with Crippen molar-refractivity contribution in [3.8, 4) is 0 Å². The van der Waals surface area contributed by atoms with Crippen molar-refractivity contribution in [3.63, 3.8) is 0 Å². The Balaban J connectivity index is 2.60. The minimum atomic E-state index is -1.01. The van der Waals surface area contributed by atoms with E-state index in [2.05, 4.69) is 0 Å². The first-order valence-electron chi connectivity index (χ1n) is 4.36. The number of nitrogens with zero attached hydrogens (tertiary/aromatic N) is 1. The smallest absolute Gasteiger partial charge is 0.407 e. The average Bonchev–Trinajstić information content (AvgIpc) is 2.18. The van der Waals surface area contributed by atoms with Crippen LogP contribution in [0.25, 0.3) is 0 Å². The number of hydrogen-bond donors (Lipinski definition) is 2. The van der Waals surface area contributed by atoms with E-state index in [1.165, 1.54) is 4.90 Å². The van der Waals surface area contributed by atoms with Crippen LogP contribution in [0.3, 0.4) is 0 Å². The molecule has 0 unspecified atom stereocenters. The van der Waals surface area contributed by atoms with Gasteiger partial charge < -0.3 is 15.1 Å². The lowest BCUT2D eigenvalue weighted by atomic mass is 10.2. The molecular formula is C10H13NO3. The summed E-state index contributed by atoms with van der Waals surface area (Å²) in [7, 11) is 0. The quantitative estimate of drug-likeness (QED) is 0.757. The van der Waals surface area contributed by atoms with Crippen LogP contribution in [0.2, 0.25) is 0 Å². The molecule has 4 heteroatoms. The van der Waals surface area contributed by atoms with Gasteiger partial charge in [-0.15, -0.1) is 0 Å². The van der Waals surface area contributed by atoms with Crippen molar-refractivity contribution in [2.24, 2.45) is 0 Å². The van der Waals surface area contributed by atoms with Gasteiger partial charge in [0.15, 0.2) is 0 Å². The molecule has 1 aromatic carbocycles. The van der Waals surface area contributed by atoms with Gasteiger partial charge in [0.05, 0.1) is 6.61 Å². The average molecular weight is 195 g/mol. The highest BCUT2D eigenvalue weighted by atomic mass is 16.4. The van der Waals surface area contributed by atoms with Gasteiger partial charge in [-0.3, -0.25) is 0 Å². The summed E-state index contributed by atoms with van der Waals surface area (Å²) in [5.41, 5.74) is 0.920. The number of benzene rings is 1. The number of carbonyl (C=O) groups is 1. The number of amides is 1. The number of hydrogen-bond acceptors (Lipinski definition) is 2. The fourth-order valence-corrected chi connectivity index (χ4v) is 1.17.